The van der Waals surface area contributed by atoms with Gasteiger partial charge in [-0.05, 0) is 19.3 Å². The summed E-state index contributed by atoms with van der Waals surface area (Å²) in [5.41, 5.74) is -0.419. The molecule has 26 heavy (non-hydrogen) atoms. The van der Waals surface area contributed by atoms with Gasteiger partial charge in [0.15, 0.2) is 0 Å². The Labute approximate surface area is 156 Å². The second kappa shape index (κ2) is 10.0. The van der Waals surface area contributed by atoms with Crippen molar-refractivity contribution in [3.8, 4) is 0 Å². The summed E-state index contributed by atoms with van der Waals surface area (Å²) < 4.78 is 11.1. The predicted octanol–water partition coefficient (Wildman–Crippen LogP) is 0.751. The molecule has 0 spiro atoms. The van der Waals surface area contributed by atoms with Gasteiger partial charge in [-0.3, -0.25) is 14.5 Å². The summed E-state index contributed by atoms with van der Waals surface area (Å²) in [4.78, 5) is 30.2. The van der Waals surface area contributed by atoms with E-state index in [1.165, 1.54) is 0 Å². The first-order valence-corrected chi connectivity index (χ1v) is 9.47. The average molecular weight is 367 g/mol. The molecule has 148 valence electrons. The fraction of sp³-hybridized carbons (Fsp3) is 0.789. The lowest BCUT2D eigenvalue weighted by molar-refractivity contribution is -0.138. The maximum atomic E-state index is 12.6. The Kier molecular flexibility index (Phi) is 8.06. The lowest BCUT2D eigenvalue weighted by Gasteiger charge is -2.41. The molecule has 1 atom stereocenters. The van der Waals surface area contributed by atoms with Crippen molar-refractivity contribution in [3.05, 3.63) is 12.2 Å². The Hall–Kier alpha value is -1.44. The second-order valence-corrected chi connectivity index (χ2v) is 7.35. The number of hydrogen-bond donors (Lipinski definition) is 0. The molecule has 2 aliphatic heterocycles. The molecule has 7 heteroatoms. The standard InChI is InChI=1S/C19H33N3O4/c1-20(2)17(23)7-9-19(25-3)8-5-11-22(16-19)18(24)6-4-10-21-12-14-26-15-13-21/h4,6H,5,7-16H2,1-3H3. The number of ether oxygens (including phenoxy) is 2. The van der Waals surface area contributed by atoms with Gasteiger partial charge in [-0.25, -0.2) is 0 Å². The molecule has 0 aliphatic carbocycles. The van der Waals surface area contributed by atoms with Gasteiger partial charge in [-0.2, -0.15) is 0 Å². The van der Waals surface area contributed by atoms with Gasteiger partial charge in [-0.15, -0.1) is 0 Å². The summed E-state index contributed by atoms with van der Waals surface area (Å²) in [6.07, 6.45) is 6.47. The number of hydrogen-bond acceptors (Lipinski definition) is 5. The van der Waals surface area contributed by atoms with Crippen LogP contribution >= 0.6 is 0 Å². The molecule has 0 radical (unpaired) electrons. The predicted molar refractivity (Wildman–Crippen MR) is 99.9 cm³/mol. The number of carbonyl (C=O) groups excluding carboxylic acids is 2. The molecular weight excluding hydrogens is 334 g/mol. The van der Waals surface area contributed by atoms with Crippen molar-refractivity contribution in [2.24, 2.45) is 0 Å². The minimum atomic E-state index is -0.419. The zero-order chi connectivity index (χ0) is 19.0. The normalized spacial score (nSPS) is 24.8. The molecule has 0 aromatic heterocycles. The minimum Gasteiger partial charge on any atom is -0.379 e. The number of amides is 2. The van der Waals surface area contributed by atoms with E-state index in [4.69, 9.17) is 9.47 Å². The fourth-order valence-electron chi connectivity index (χ4n) is 3.51. The molecule has 0 bridgehead atoms. The van der Waals surface area contributed by atoms with E-state index >= 15 is 0 Å². The minimum absolute atomic E-state index is 0.0262. The van der Waals surface area contributed by atoms with Crippen LogP contribution in [0, 0.1) is 0 Å². The monoisotopic (exact) mass is 367 g/mol. The van der Waals surface area contributed by atoms with Crippen molar-refractivity contribution in [2.45, 2.75) is 31.3 Å². The lowest BCUT2D eigenvalue weighted by atomic mass is 9.87. The quantitative estimate of drug-likeness (QED) is 0.622. The number of likely N-dealkylation sites (tertiary alicyclic amines) is 1. The first-order valence-electron chi connectivity index (χ1n) is 9.47. The Morgan fingerprint density at radius 3 is 2.62 bits per heavy atom. The van der Waals surface area contributed by atoms with Gasteiger partial charge in [0.1, 0.15) is 0 Å². The van der Waals surface area contributed by atoms with Crippen molar-refractivity contribution >= 4 is 11.8 Å². The van der Waals surface area contributed by atoms with Gasteiger partial charge >= 0.3 is 0 Å². The average Bonchev–Trinajstić information content (AvgIpc) is 2.67. The van der Waals surface area contributed by atoms with Crippen LogP contribution in [0.4, 0.5) is 0 Å². The third-order valence-corrected chi connectivity index (χ3v) is 5.31. The lowest BCUT2D eigenvalue weighted by Crippen LogP contribution is -2.51. The smallest absolute Gasteiger partial charge is 0.246 e. The van der Waals surface area contributed by atoms with E-state index in [1.54, 1.807) is 32.2 Å². The van der Waals surface area contributed by atoms with E-state index in [-0.39, 0.29) is 11.8 Å². The zero-order valence-electron chi connectivity index (χ0n) is 16.4. The summed E-state index contributed by atoms with van der Waals surface area (Å²) >= 11 is 0. The van der Waals surface area contributed by atoms with E-state index in [9.17, 15) is 9.59 Å². The molecule has 1 unspecified atom stereocenters. The summed E-state index contributed by atoms with van der Waals surface area (Å²) in [5.74, 6) is 0.119. The molecule has 2 fully saturated rings. The Morgan fingerprint density at radius 1 is 1.23 bits per heavy atom. The highest BCUT2D eigenvalue weighted by molar-refractivity contribution is 5.87. The number of piperidine rings is 1. The van der Waals surface area contributed by atoms with Gasteiger partial charge in [0.25, 0.3) is 0 Å². The van der Waals surface area contributed by atoms with Gasteiger partial charge < -0.3 is 19.3 Å². The number of nitrogens with zero attached hydrogens (tertiary/aromatic N) is 3. The van der Waals surface area contributed by atoms with Crippen LogP contribution in [0.25, 0.3) is 0 Å². The molecule has 2 amide bonds. The molecule has 7 nitrogen and oxygen atoms in total. The van der Waals surface area contributed by atoms with Gasteiger partial charge in [0.05, 0.1) is 18.8 Å². The summed E-state index contributed by atoms with van der Waals surface area (Å²) in [6, 6.07) is 0. The summed E-state index contributed by atoms with van der Waals surface area (Å²) in [6.45, 7) is 5.41. The van der Waals surface area contributed by atoms with Crippen LogP contribution in [0.3, 0.4) is 0 Å². The molecule has 0 N–H and O–H groups in total. The highest BCUT2D eigenvalue weighted by Gasteiger charge is 2.37. The second-order valence-electron chi connectivity index (χ2n) is 7.35. The molecule has 0 aromatic rings. The number of methoxy groups -OCH3 is 1. The molecule has 2 saturated heterocycles. The molecule has 2 heterocycles. The van der Waals surface area contributed by atoms with E-state index < -0.39 is 5.60 Å². The van der Waals surface area contributed by atoms with E-state index in [0.29, 0.717) is 19.4 Å². The van der Waals surface area contributed by atoms with Crippen molar-refractivity contribution in [3.63, 3.8) is 0 Å². The highest BCUT2D eigenvalue weighted by atomic mass is 16.5. The van der Waals surface area contributed by atoms with Gasteiger partial charge in [0.2, 0.25) is 11.8 Å². The first-order chi connectivity index (χ1) is 12.5. The third kappa shape index (κ3) is 6.07. The van der Waals surface area contributed by atoms with Crippen LogP contribution in [0.5, 0.6) is 0 Å². The molecule has 2 aliphatic rings. The summed E-state index contributed by atoms with van der Waals surface area (Å²) in [5, 5.41) is 0. The van der Waals surface area contributed by atoms with Crippen LogP contribution in [0.1, 0.15) is 25.7 Å². The Bertz CT molecular complexity index is 503. The molecular formula is C19H33N3O4. The molecule has 2 rings (SSSR count). The zero-order valence-corrected chi connectivity index (χ0v) is 16.4. The summed E-state index contributed by atoms with van der Waals surface area (Å²) in [7, 11) is 5.21. The van der Waals surface area contributed by atoms with Gasteiger partial charge in [0, 0.05) is 66.4 Å². The fourth-order valence-corrected chi connectivity index (χ4v) is 3.51. The maximum absolute atomic E-state index is 12.6. The van der Waals surface area contributed by atoms with E-state index in [2.05, 4.69) is 4.90 Å². The van der Waals surface area contributed by atoms with Gasteiger partial charge in [-0.1, -0.05) is 6.08 Å². The van der Waals surface area contributed by atoms with E-state index in [1.807, 2.05) is 11.0 Å². The number of rotatable bonds is 7. The Morgan fingerprint density at radius 2 is 1.96 bits per heavy atom. The van der Waals surface area contributed by atoms with Crippen molar-refractivity contribution in [1.82, 2.24) is 14.7 Å². The maximum Gasteiger partial charge on any atom is 0.246 e. The molecule has 0 saturated carbocycles. The van der Waals surface area contributed by atoms with Crippen LogP contribution in [-0.2, 0) is 19.1 Å². The van der Waals surface area contributed by atoms with Crippen LogP contribution in [-0.4, -0.2) is 99.3 Å². The van der Waals surface area contributed by atoms with Crippen molar-refractivity contribution in [1.29, 1.82) is 0 Å². The molecule has 0 aromatic carbocycles. The van der Waals surface area contributed by atoms with Crippen LogP contribution < -0.4 is 0 Å². The van der Waals surface area contributed by atoms with Crippen LogP contribution in [0.2, 0.25) is 0 Å². The largest absolute Gasteiger partial charge is 0.379 e. The number of morpholine rings is 1. The van der Waals surface area contributed by atoms with Crippen molar-refractivity contribution < 1.29 is 19.1 Å². The SMILES string of the molecule is COC1(CCC(=O)N(C)C)CCCN(C(=O)C=CCN2CCOCC2)C1. The number of carbonyl (C=O) groups is 2. The van der Waals surface area contributed by atoms with E-state index in [0.717, 1.165) is 52.2 Å². The van der Waals surface area contributed by atoms with Crippen molar-refractivity contribution in [2.75, 3.05) is 67.1 Å². The van der Waals surface area contributed by atoms with Crippen LogP contribution in [0.15, 0.2) is 12.2 Å². The first kappa shape index (κ1) is 20.9. The highest BCUT2D eigenvalue weighted by Crippen LogP contribution is 2.29. The Balaban J connectivity index is 1.86. The topological polar surface area (TPSA) is 62.3 Å². The third-order valence-electron chi connectivity index (χ3n) is 5.31.